The van der Waals surface area contributed by atoms with Gasteiger partial charge in [0, 0.05) is 30.7 Å². The van der Waals surface area contributed by atoms with E-state index in [0.717, 1.165) is 34.8 Å². The first-order chi connectivity index (χ1) is 11.5. The summed E-state index contributed by atoms with van der Waals surface area (Å²) >= 11 is 0. The third kappa shape index (κ3) is 3.26. The largest absolute Gasteiger partial charge is 0.383 e. The summed E-state index contributed by atoms with van der Waals surface area (Å²) in [5.74, 6) is 0.934. The number of anilines is 1. The minimum absolute atomic E-state index is 0.0440. The maximum atomic E-state index is 5.14. The van der Waals surface area contributed by atoms with Crippen LogP contribution in [0.3, 0.4) is 0 Å². The predicted octanol–water partition coefficient (Wildman–Crippen LogP) is 3.75. The highest BCUT2D eigenvalue weighted by molar-refractivity contribution is 5.78. The quantitative estimate of drug-likeness (QED) is 0.726. The predicted molar refractivity (Wildman–Crippen MR) is 97.5 cm³/mol. The van der Waals surface area contributed by atoms with Gasteiger partial charge in [-0.25, -0.2) is 4.98 Å². The van der Waals surface area contributed by atoms with Crippen molar-refractivity contribution in [1.29, 1.82) is 0 Å². The first kappa shape index (κ1) is 16.5. The molecule has 126 valence electrons. The van der Waals surface area contributed by atoms with E-state index in [4.69, 9.17) is 9.72 Å². The van der Waals surface area contributed by atoms with E-state index in [1.54, 1.807) is 7.11 Å². The number of ether oxygens (including phenoxy) is 1. The second-order valence-electron chi connectivity index (χ2n) is 6.86. The van der Waals surface area contributed by atoms with Gasteiger partial charge in [-0.2, -0.15) is 9.61 Å². The van der Waals surface area contributed by atoms with Gasteiger partial charge in [0.05, 0.1) is 18.5 Å². The minimum Gasteiger partial charge on any atom is -0.383 e. The highest BCUT2D eigenvalue weighted by Gasteiger charge is 2.20. The molecule has 2 aromatic heterocycles. The van der Waals surface area contributed by atoms with Crippen LogP contribution in [0.15, 0.2) is 42.6 Å². The molecule has 5 nitrogen and oxygen atoms in total. The molecule has 0 saturated heterocycles. The Balaban J connectivity index is 2.14. The highest BCUT2D eigenvalue weighted by Crippen LogP contribution is 2.29. The van der Waals surface area contributed by atoms with E-state index in [-0.39, 0.29) is 5.41 Å². The Morgan fingerprint density at radius 3 is 2.58 bits per heavy atom. The van der Waals surface area contributed by atoms with E-state index in [0.29, 0.717) is 6.61 Å². The number of hydrogen-bond acceptors (Lipinski definition) is 4. The van der Waals surface area contributed by atoms with Crippen LogP contribution in [-0.2, 0) is 10.2 Å². The van der Waals surface area contributed by atoms with Crippen LogP contribution in [0.25, 0.3) is 16.8 Å². The summed E-state index contributed by atoms with van der Waals surface area (Å²) in [5.41, 5.74) is 4.02. The first-order valence-electron chi connectivity index (χ1n) is 8.18. The van der Waals surface area contributed by atoms with E-state index in [1.807, 2.05) is 28.9 Å². The molecule has 0 aliphatic carbocycles. The topological polar surface area (TPSA) is 51.5 Å². The van der Waals surface area contributed by atoms with Crippen LogP contribution in [0.5, 0.6) is 0 Å². The SMILES string of the molecule is COCCNc1cc(C(C)(C)C)nc2c(-c3ccccc3)cnn12. The molecule has 0 aliphatic rings. The highest BCUT2D eigenvalue weighted by atomic mass is 16.5. The van der Waals surface area contributed by atoms with Crippen molar-refractivity contribution in [3.05, 3.63) is 48.3 Å². The molecule has 0 saturated carbocycles. The lowest BCUT2D eigenvalue weighted by molar-refractivity contribution is 0.210. The monoisotopic (exact) mass is 324 g/mol. The number of benzene rings is 1. The molecule has 3 rings (SSSR count). The number of hydrogen-bond donors (Lipinski definition) is 1. The summed E-state index contributed by atoms with van der Waals surface area (Å²) in [7, 11) is 1.70. The van der Waals surface area contributed by atoms with Crippen molar-refractivity contribution in [2.45, 2.75) is 26.2 Å². The average Bonchev–Trinajstić information content (AvgIpc) is 2.99. The molecule has 0 bridgehead atoms. The lowest BCUT2D eigenvalue weighted by Gasteiger charge is -2.20. The number of nitrogens with zero attached hydrogens (tertiary/aromatic N) is 3. The zero-order valence-electron chi connectivity index (χ0n) is 14.7. The summed E-state index contributed by atoms with van der Waals surface area (Å²) in [5, 5.41) is 7.95. The van der Waals surface area contributed by atoms with E-state index in [9.17, 15) is 0 Å². The summed E-state index contributed by atoms with van der Waals surface area (Å²) in [6, 6.07) is 12.3. The Kier molecular flexibility index (Phi) is 4.53. The van der Waals surface area contributed by atoms with Gasteiger partial charge in [-0.1, -0.05) is 51.1 Å². The van der Waals surface area contributed by atoms with E-state index >= 15 is 0 Å². The molecule has 3 aromatic rings. The van der Waals surface area contributed by atoms with Crippen LogP contribution in [0.1, 0.15) is 26.5 Å². The Bertz CT molecular complexity index is 818. The van der Waals surface area contributed by atoms with Crippen molar-refractivity contribution in [2.75, 3.05) is 25.6 Å². The smallest absolute Gasteiger partial charge is 0.165 e. The standard InChI is InChI=1S/C19H24N4O/c1-19(2,3)16-12-17(20-10-11-24-4)23-18(22-16)15(13-21-23)14-8-6-5-7-9-14/h5-9,12-13,20H,10-11H2,1-4H3. The van der Waals surface area contributed by atoms with Gasteiger partial charge in [0.1, 0.15) is 5.82 Å². The maximum Gasteiger partial charge on any atom is 0.165 e. The van der Waals surface area contributed by atoms with Gasteiger partial charge in [-0.05, 0) is 5.56 Å². The molecular formula is C19H24N4O. The third-order valence-electron chi connectivity index (χ3n) is 3.94. The zero-order chi connectivity index (χ0) is 17.2. The van der Waals surface area contributed by atoms with Gasteiger partial charge >= 0.3 is 0 Å². The number of fused-ring (bicyclic) bond motifs is 1. The number of rotatable bonds is 5. The van der Waals surface area contributed by atoms with Crippen LogP contribution in [0, 0.1) is 0 Å². The number of aromatic nitrogens is 3. The summed E-state index contributed by atoms with van der Waals surface area (Å²) in [6.07, 6.45) is 1.88. The lowest BCUT2D eigenvalue weighted by atomic mass is 9.92. The fraction of sp³-hybridized carbons (Fsp3) is 0.368. The Morgan fingerprint density at radius 1 is 1.17 bits per heavy atom. The zero-order valence-corrected chi connectivity index (χ0v) is 14.7. The van der Waals surface area contributed by atoms with Crippen LogP contribution in [0.2, 0.25) is 0 Å². The van der Waals surface area contributed by atoms with Crippen molar-refractivity contribution in [1.82, 2.24) is 14.6 Å². The summed E-state index contributed by atoms with van der Waals surface area (Å²) in [4.78, 5) is 4.90. The van der Waals surface area contributed by atoms with Crippen molar-refractivity contribution >= 4 is 11.5 Å². The second-order valence-corrected chi connectivity index (χ2v) is 6.86. The number of nitrogens with one attached hydrogen (secondary N) is 1. The van der Waals surface area contributed by atoms with E-state index in [1.165, 1.54) is 0 Å². The van der Waals surface area contributed by atoms with Crippen LogP contribution < -0.4 is 5.32 Å². The van der Waals surface area contributed by atoms with Gasteiger partial charge in [0.25, 0.3) is 0 Å². The Labute approximate surface area is 142 Å². The molecule has 0 unspecified atom stereocenters. The summed E-state index contributed by atoms with van der Waals surface area (Å²) < 4.78 is 7.01. The number of methoxy groups -OCH3 is 1. The van der Waals surface area contributed by atoms with Crippen molar-refractivity contribution < 1.29 is 4.74 Å². The van der Waals surface area contributed by atoms with Gasteiger partial charge in [-0.15, -0.1) is 0 Å². The Morgan fingerprint density at radius 2 is 1.92 bits per heavy atom. The molecule has 2 heterocycles. The maximum absolute atomic E-state index is 5.14. The molecule has 1 aromatic carbocycles. The van der Waals surface area contributed by atoms with Gasteiger partial charge in [0.15, 0.2) is 5.65 Å². The van der Waals surface area contributed by atoms with E-state index in [2.05, 4.69) is 49.4 Å². The van der Waals surface area contributed by atoms with Gasteiger partial charge in [0.2, 0.25) is 0 Å². The average molecular weight is 324 g/mol. The van der Waals surface area contributed by atoms with Crippen molar-refractivity contribution in [3.63, 3.8) is 0 Å². The van der Waals surface area contributed by atoms with Crippen LogP contribution in [-0.4, -0.2) is 34.9 Å². The van der Waals surface area contributed by atoms with Crippen molar-refractivity contribution in [3.8, 4) is 11.1 Å². The summed E-state index contributed by atoms with van der Waals surface area (Å²) in [6.45, 7) is 7.87. The molecule has 0 spiro atoms. The molecular weight excluding hydrogens is 300 g/mol. The normalized spacial score (nSPS) is 11.8. The van der Waals surface area contributed by atoms with Crippen LogP contribution >= 0.6 is 0 Å². The molecule has 0 aliphatic heterocycles. The first-order valence-corrected chi connectivity index (χ1v) is 8.18. The molecule has 5 heteroatoms. The lowest BCUT2D eigenvalue weighted by Crippen LogP contribution is -2.17. The molecule has 0 radical (unpaired) electrons. The van der Waals surface area contributed by atoms with Gasteiger partial charge < -0.3 is 10.1 Å². The molecule has 0 amide bonds. The fourth-order valence-electron chi connectivity index (χ4n) is 2.58. The van der Waals surface area contributed by atoms with Crippen molar-refractivity contribution in [2.24, 2.45) is 0 Å². The molecule has 0 atom stereocenters. The second kappa shape index (κ2) is 6.61. The van der Waals surface area contributed by atoms with Gasteiger partial charge in [-0.3, -0.25) is 0 Å². The minimum atomic E-state index is -0.0440. The van der Waals surface area contributed by atoms with E-state index < -0.39 is 0 Å². The third-order valence-corrected chi connectivity index (χ3v) is 3.94. The van der Waals surface area contributed by atoms with Crippen LogP contribution in [0.4, 0.5) is 5.82 Å². The fourth-order valence-corrected chi connectivity index (χ4v) is 2.58. The molecule has 24 heavy (non-hydrogen) atoms. The molecule has 0 fully saturated rings. The Hall–Kier alpha value is -2.40. The molecule has 1 N–H and O–H groups in total.